The summed E-state index contributed by atoms with van der Waals surface area (Å²) < 4.78 is 0. The van der Waals surface area contributed by atoms with Crippen LogP contribution in [0.4, 0.5) is 0 Å². The molecule has 0 aromatic rings. The van der Waals surface area contributed by atoms with E-state index in [2.05, 4.69) is 5.32 Å². The van der Waals surface area contributed by atoms with Gasteiger partial charge in [0.05, 0.1) is 18.8 Å². The lowest BCUT2D eigenvalue weighted by Crippen LogP contribution is -2.41. The van der Waals surface area contributed by atoms with E-state index >= 15 is 0 Å². The number of hydrogen-bond acceptors (Lipinski definition) is 4. The van der Waals surface area contributed by atoms with Crippen molar-refractivity contribution < 1.29 is 15.3 Å². The summed E-state index contributed by atoms with van der Waals surface area (Å²) in [5.41, 5.74) is -1.07. The van der Waals surface area contributed by atoms with Gasteiger partial charge in [-0.05, 0) is 6.92 Å². The highest BCUT2D eigenvalue weighted by molar-refractivity contribution is 4.73. The van der Waals surface area contributed by atoms with Crippen molar-refractivity contribution in [1.82, 2.24) is 5.32 Å². The van der Waals surface area contributed by atoms with Crippen LogP contribution < -0.4 is 5.32 Å². The van der Waals surface area contributed by atoms with Crippen LogP contribution in [0.15, 0.2) is 0 Å². The molecule has 1 unspecified atom stereocenters. The molecule has 62 valence electrons. The van der Waals surface area contributed by atoms with Crippen LogP contribution in [0.5, 0.6) is 0 Å². The largest absolute Gasteiger partial charge is 0.395 e. The smallest absolute Gasteiger partial charge is 0.0972 e. The normalized spacial score (nSPS) is 16.8. The van der Waals surface area contributed by atoms with Crippen molar-refractivity contribution in [3.8, 4) is 0 Å². The van der Waals surface area contributed by atoms with Crippen LogP contribution in [-0.4, -0.2) is 47.2 Å². The Morgan fingerprint density at radius 1 is 1.40 bits per heavy atom. The van der Waals surface area contributed by atoms with Crippen LogP contribution in [-0.2, 0) is 0 Å². The van der Waals surface area contributed by atoms with Gasteiger partial charge in [-0.15, -0.1) is 0 Å². The second-order valence-corrected chi connectivity index (χ2v) is 2.56. The van der Waals surface area contributed by atoms with Gasteiger partial charge in [0.25, 0.3) is 0 Å². The minimum Gasteiger partial charge on any atom is -0.395 e. The van der Waals surface area contributed by atoms with Crippen molar-refractivity contribution in [2.24, 2.45) is 0 Å². The molecule has 0 amide bonds. The van der Waals surface area contributed by atoms with E-state index in [4.69, 9.17) is 15.3 Å². The molecule has 0 radical (unpaired) electrons. The monoisotopic (exact) mass is 149 g/mol. The predicted octanol–water partition coefficient (Wildman–Crippen LogP) is -1.69. The zero-order valence-corrected chi connectivity index (χ0v) is 6.17. The zero-order chi connectivity index (χ0) is 8.04. The summed E-state index contributed by atoms with van der Waals surface area (Å²) in [6.45, 7) is 2.03. The minimum atomic E-state index is -1.07. The molecule has 4 heteroatoms. The molecule has 4 N–H and O–H groups in total. The van der Waals surface area contributed by atoms with Gasteiger partial charge in [0.15, 0.2) is 0 Å². The lowest BCUT2D eigenvalue weighted by molar-refractivity contribution is 0.00230. The molecule has 10 heavy (non-hydrogen) atoms. The quantitative estimate of drug-likeness (QED) is 0.352. The van der Waals surface area contributed by atoms with E-state index in [0.29, 0.717) is 13.1 Å². The Kier molecular flexibility index (Phi) is 4.55. The molecular formula is C6H15NO3. The maximum absolute atomic E-state index is 9.16. The van der Waals surface area contributed by atoms with Crippen LogP contribution in [0.2, 0.25) is 0 Å². The average Bonchev–Trinajstić information content (AvgIpc) is 1.89. The molecule has 0 rings (SSSR count). The van der Waals surface area contributed by atoms with Gasteiger partial charge in [-0.1, -0.05) is 0 Å². The number of nitrogens with one attached hydrogen (secondary N) is 1. The second-order valence-electron chi connectivity index (χ2n) is 2.56. The summed E-state index contributed by atoms with van der Waals surface area (Å²) in [7, 11) is 0. The molecule has 0 bridgehead atoms. The Bertz CT molecular complexity index is 85.1. The van der Waals surface area contributed by atoms with Crippen molar-refractivity contribution in [1.29, 1.82) is 0 Å². The number of aliphatic hydroxyl groups is 3. The standard InChI is InChI=1S/C6H15NO3/c1-6(10,5-9)4-7-2-3-8/h7-10H,2-5H2,1H3. The SMILES string of the molecule is CC(O)(CO)CNCCO. The summed E-state index contributed by atoms with van der Waals surface area (Å²) in [6.07, 6.45) is 0. The fraction of sp³-hybridized carbons (Fsp3) is 1.00. The van der Waals surface area contributed by atoms with Crippen molar-refractivity contribution in [2.45, 2.75) is 12.5 Å². The highest BCUT2D eigenvalue weighted by Gasteiger charge is 2.17. The first-order chi connectivity index (χ1) is 4.62. The molecule has 0 aliphatic carbocycles. The van der Waals surface area contributed by atoms with Crippen molar-refractivity contribution in [2.75, 3.05) is 26.3 Å². The maximum Gasteiger partial charge on any atom is 0.0972 e. The van der Waals surface area contributed by atoms with E-state index in [-0.39, 0.29) is 13.2 Å². The van der Waals surface area contributed by atoms with E-state index < -0.39 is 5.60 Å². The van der Waals surface area contributed by atoms with Gasteiger partial charge in [0, 0.05) is 13.1 Å². The molecule has 4 nitrogen and oxygen atoms in total. The van der Waals surface area contributed by atoms with E-state index in [1.165, 1.54) is 6.92 Å². The summed E-state index contributed by atoms with van der Waals surface area (Å²) in [5, 5.41) is 28.8. The third kappa shape index (κ3) is 4.69. The first-order valence-electron chi connectivity index (χ1n) is 3.27. The van der Waals surface area contributed by atoms with E-state index in [0.717, 1.165) is 0 Å². The fourth-order valence-corrected chi connectivity index (χ4v) is 0.493. The van der Waals surface area contributed by atoms with E-state index in [9.17, 15) is 0 Å². The molecular weight excluding hydrogens is 134 g/mol. The Morgan fingerprint density at radius 3 is 2.40 bits per heavy atom. The highest BCUT2D eigenvalue weighted by atomic mass is 16.3. The number of aliphatic hydroxyl groups excluding tert-OH is 2. The van der Waals surface area contributed by atoms with Crippen LogP contribution in [0.1, 0.15) is 6.92 Å². The van der Waals surface area contributed by atoms with Gasteiger partial charge in [-0.2, -0.15) is 0 Å². The lowest BCUT2D eigenvalue weighted by atomic mass is 10.1. The molecule has 0 saturated carbocycles. The van der Waals surface area contributed by atoms with Gasteiger partial charge in [0.2, 0.25) is 0 Å². The predicted molar refractivity (Wildman–Crippen MR) is 37.7 cm³/mol. The average molecular weight is 149 g/mol. The summed E-state index contributed by atoms with van der Waals surface area (Å²) in [5.74, 6) is 0. The summed E-state index contributed by atoms with van der Waals surface area (Å²) in [6, 6.07) is 0. The second kappa shape index (κ2) is 4.62. The fourth-order valence-electron chi connectivity index (χ4n) is 0.493. The van der Waals surface area contributed by atoms with Crippen LogP contribution in [0, 0.1) is 0 Å². The first-order valence-corrected chi connectivity index (χ1v) is 3.27. The van der Waals surface area contributed by atoms with Gasteiger partial charge in [-0.25, -0.2) is 0 Å². The van der Waals surface area contributed by atoms with Crippen molar-refractivity contribution in [3.05, 3.63) is 0 Å². The molecule has 1 atom stereocenters. The van der Waals surface area contributed by atoms with Crippen LogP contribution >= 0.6 is 0 Å². The van der Waals surface area contributed by atoms with E-state index in [1.54, 1.807) is 0 Å². The molecule has 0 aromatic carbocycles. The third-order valence-electron chi connectivity index (χ3n) is 1.14. The Morgan fingerprint density at radius 2 is 2.00 bits per heavy atom. The van der Waals surface area contributed by atoms with Crippen molar-refractivity contribution in [3.63, 3.8) is 0 Å². The highest BCUT2D eigenvalue weighted by Crippen LogP contribution is 1.97. The molecule has 0 aliphatic rings. The van der Waals surface area contributed by atoms with Gasteiger partial charge in [0.1, 0.15) is 0 Å². The Hall–Kier alpha value is -0.160. The Balaban J connectivity index is 3.28. The molecule has 0 heterocycles. The lowest BCUT2D eigenvalue weighted by Gasteiger charge is -2.20. The Labute approximate surface area is 60.5 Å². The molecule has 0 fully saturated rings. The zero-order valence-electron chi connectivity index (χ0n) is 6.17. The first kappa shape index (κ1) is 9.84. The number of hydrogen-bond donors (Lipinski definition) is 4. The van der Waals surface area contributed by atoms with Gasteiger partial charge in [-0.3, -0.25) is 0 Å². The van der Waals surface area contributed by atoms with E-state index in [1.807, 2.05) is 0 Å². The van der Waals surface area contributed by atoms with Gasteiger partial charge >= 0.3 is 0 Å². The summed E-state index contributed by atoms with van der Waals surface area (Å²) in [4.78, 5) is 0. The molecule has 0 aromatic heterocycles. The van der Waals surface area contributed by atoms with Gasteiger partial charge < -0.3 is 20.6 Å². The number of rotatable bonds is 5. The molecule has 0 spiro atoms. The molecule has 0 aliphatic heterocycles. The topological polar surface area (TPSA) is 72.7 Å². The maximum atomic E-state index is 9.16. The minimum absolute atomic E-state index is 0.0432. The van der Waals surface area contributed by atoms with Crippen LogP contribution in [0.3, 0.4) is 0 Å². The molecule has 0 saturated heterocycles. The van der Waals surface area contributed by atoms with Crippen molar-refractivity contribution >= 4 is 0 Å². The third-order valence-corrected chi connectivity index (χ3v) is 1.14. The van der Waals surface area contributed by atoms with Crippen LogP contribution in [0.25, 0.3) is 0 Å². The summed E-state index contributed by atoms with van der Waals surface area (Å²) >= 11 is 0.